The average molecular weight is 735 g/mol. The summed E-state index contributed by atoms with van der Waals surface area (Å²) in [6.45, 7) is 25.4. The van der Waals surface area contributed by atoms with Crippen LogP contribution in [0.3, 0.4) is 0 Å². The van der Waals surface area contributed by atoms with Gasteiger partial charge in [0, 0.05) is 35.0 Å². The van der Waals surface area contributed by atoms with Gasteiger partial charge in [-0.3, -0.25) is 0 Å². The lowest BCUT2D eigenvalue weighted by Crippen LogP contribution is -2.52. The molecule has 2 aliphatic heterocycles. The Labute approximate surface area is 317 Å². The van der Waals surface area contributed by atoms with Gasteiger partial charge in [0.25, 0.3) is 0 Å². The third kappa shape index (κ3) is 10.2. The Hall–Kier alpha value is -3.01. The molecule has 2 heterocycles. The Morgan fingerprint density at radius 2 is 1.19 bits per heavy atom. The number of esters is 3. The number of nitrogens with zero attached hydrogens (tertiary/aromatic N) is 1. The van der Waals surface area contributed by atoms with Crippen molar-refractivity contribution in [2.45, 2.75) is 188 Å². The summed E-state index contributed by atoms with van der Waals surface area (Å²) in [7, 11) is 0. The molecule has 3 unspecified atom stereocenters. The van der Waals surface area contributed by atoms with Crippen molar-refractivity contribution in [2.24, 2.45) is 10.8 Å². The van der Waals surface area contributed by atoms with Gasteiger partial charge in [0.15, 0.2) is 0 Å². The van der Waals surface area contributed by atoms with E-state index in [1.54, 1.807) is 30.3 Å². The van der Waals surface area contributed by atoms with E-state index in [2.05, 4.69) is 60.7 Å². The highest BCUT2D eigenvalue weighted by molar-refractivity contribution is 6.09. The van der Waals surface area contributed by atoms with Crippen LogP contribution in [-0.4, -0.2) is 68.6 Å². The number of fused-ring (bicyclic) bond motifs is 1. The summed E-state index contributed by atoms with van der Waals surface area (Å²) in [5.41, 5.74) is -0.479. The molecule has 2 N–H and O–H groups in total. The molecule has 294 valence electrons. The number of ether oxygens (including phenoxy) is 3. The SMILES string of the molecule is CC1(C)CCC(OC(=O)c2cc(C(=O)OC3CCC(C)(C)N(O)C(C)(C)C3)cc3ccc(C(=O)OC4CCC(C)(C)NC(C)(C)C4)cc23)CC(C)(C)C1. The topological polar surface area (TPSA) is 114 Å². The molecule has 3 atom stereocenters. The molecule has 9 nitrogen and oxygen atoms in total. The molecule has 0 spiro atoms. The molecule has 5 rings (SSSR count). The van der Waals surface area contributed by atoms with Gasteiger partial charge >= 0.3 is 17.9 Å². The van der Waals surface area contributed by atoms with E-state index in [0.717, 1.165) is 38.5 Å². The van der Waals surface area contributed by atoms with Gasteiger partial charge in [-0.05, 0) is 153 Å². The highest BCUT2D eigenvalue weighted by Gasteiger charge is 2.43. The average Bonchev–Trinajstić information content (AvgIpc) is 3.24. The van der Waals surface area contributed by atoms with Gasteiger partial charge in [-0.15, -0.1) is 0 Å². The van der Waals surface area contributed by atoms with E-state index < -0.39 is 35.1 Å². The normalized spacial score (nSPS) is 27.8. The first-order chi connectivity index (χ1) is 24.3. The number of hydrogen-bond acceptors (Lipinski definition) is 9. The number of benzene rings is 2. The van der Waals surface area contributed by atoms with Gasteiger partial charge in [0.05, 0.1) is 16.7 Å². The summed E-state index contributed by atoms with van der Waals surface area (Å²) in [5.74, 6) is -1.51. The zero-order valence-electron chi connectivity index (χ0n) is 34.5. The van der Waals surface area contributed by atoms with Crippen molar-refractivity contribution < 1.29 is 33.8 Å². The first-order valence-corrected chi connectivity index (χ1v) is 19.7. The molecule has 0 aromatic heterocycles. The number of nitrogens with one attached hydrogen (secondary N) is 1. The van der Waals surface area contributed by atoms with Crippen molar-refractivity contribution in [3.05, 3.63) is 47.0 Å². The van der Waals surface area contributed by atoms with Crippen molar-refractivity contribution >= 4 is 28.7 Å². The fraction of sp³-hybridized carbons (Fsp3) is 0.705. The van der Waals surface area contributed by atoms with Crippen LogP contribution in [0.1, 0.15) is 178 Å². The molecule has 1 aliphatic carbocycles. The predicted molar refractivity (Wildman–Crippen MR) is 208 cm³/mol. The lowest BCUT2D eigenvalue weighted by molar-refractivity contribution is -0.222. The van der Waals surface area contributed by atoms with Crippen molar-refractivity contribution in [1.82, 2.24) is 10.4 Å². The van der Waals surface area contributed by atoms with Crippen molar-refractivity contribution in [2.75, 3.05) is 0 Å². The molecule has 9 heteroatoms. The Bertz CT molecular complexity index is 1700. The highest BCUT2D eigenvalue weighted by atomic mass is 16.6. The highest BCUT2D eigenvalue weighted by Crippen LogP contribution is 2.45. The van der Waals surface area contributed by atoms with E-state index in [1.165, 1.54) is 5.06 Å². The molecule has 3 fully saturated rings. The van der Waals surface area contributed by atoms with E-state index in [4.69, 9.17) is 14.2 Å². The quantitative estimate of drug-likeness (QED) is 0.170. The standard InChI is InChI=1S/C44H66N2O7/c1-39(2)18-15-31(24-40(3,4)27-39)53-38(49)35-23-30(37(48)52-33-17-20-43(9,10)46(50)44(11,12)26-33)21-28-13-14-29(22-34(28)35)36(47)51-32-16-19-41(5,6)45-42(7,8)25-32/h13-14,21-23,31-33,45,50H,15-20,24-27H2,1-12H3. The first-order valence-electron chi connectivity index (χ1n) is 19.7. The Kier molecular flexibility index (Phi) is 11.3. The molecule has 0 radical (unpaired) electrons. The maximum Gasteiger partial charge on any atom is 0.339 e. The van der Waals surface area contributed by atoms with Gasteiger partial charge in [-0.2, -0.15) is 5.06 Å². The molecule has 1 saturated carbocycles. The number of carbonyl (C=O) groups is 3. The Morgan fingerprint density at radius 1 is 0.623 bits per heavy atom. The second kappa shape index (κ2) is 14.6. The van der Waals surface area contributed by atoms with Crippen LogP contribution < -0.4 is 5.32 Å². The lowest BCUT2D eigenvalue weighted by Gasteiger charge is -2.42. The van der Waals surface area contributed by atoms with E-state index in [9.17, 15) is 19.6 Å². The number of hydroxylamine groups is 2. The van der Waals surface area contributed by atoms with Crippen LogP contribution in [0.4, 0.5) is 0 Å². The van der Waals surface area contributed by atoms with Crippen LogP contribution in [0, 0.1) is 10.8 Å². The molecular formula is C44H66N2O7. The van der Waals surface area contributed by atoms with E-state index in [-0.39, 0.29) is 45.2 Å². The second-order valence-electron chi connectivity index (χ2n) is 20.6. The molecule has 2 aromatic rings. The minimum Gasteiger partial charge on any atom is -0.459 e. The van der Waals surface area contributed by atoms with Gasteiger partial charge < -0.3 is 24.7 Å². The number of rotatable bonds is 6. The van der Waals surface area contributed by atoms with E-state index in [0.29, 0.717) is 42.0 Å². The zero-order valence-corrected chi connectivity index (χ0v) is 34.5. The molecule has 53 heavy (non-hydrogen) atoms. The summed E-state index contributed by atoms with van der Waals surface area (Å²) in [6.07, 6.45) is 6.44. The van der Waals surface area contributed by atoms with E-state index in [1.807, 2.05) is 27.7 Å². The summed E-state index contributed by atoms with van der Waals surface area (Å²) in [6, 6.07) is 8.42. The summed E-state index contributed by atoms with van der Waals surface area (Å²) in [5, 5.41) is 17.2. The van der Waals surface area contributed by atoms with Gasteiger partial charge in [0.2, 0.25) is 0 Å². The van der Waals surface area contributed by atoms with Crippen molar-refractivity contribution in [1.29, 1.82) is 0 Å². The summed E-state index contributed by atoms with van der Waals surface area (Å²) >= 11 is 0. The first kappa shape index (κ1) is 41.2. The minimum absolute atomic E-state index is 0.0158. The van der Waals surface area contributed by atoms with Crippen LogP contribution in [0.15, 0.2) is 30.3 Å². The third-order valence-corrected chi connectivity index (χ3v) is 11.8. The molecule has 0 bridgehead atoms. The Balaban J connectivity index is 1.46. The van der Waals surface area contributed by atoms with E-state index >= 15 is 0 Å². The summed E-state index contributed by atoms with van der Waals surface area (Å²) in [4.78, 5) is 41.8. The maximum atomic E-state index is 14.3. The predicted octanol–water partition coefficient (Wildman–Crippen LogP) is 9.81. The van der Waals surface area contributed by atoms with Crippen LogP contribution >= 0.6 is 0 Å². The van der Waals surface area contributed by atoms with Crippen LogP contribution in [0.5, 0.6) is 0 Å². The molecule has 0 amide bonds. The maximum absolute atomic E-state index is 14.3. The Morgan fingerprint density at radius 3 is 1.87 bits per heavy atom. The largest absolute Gasteiger partial charge is 0.459 e. The minimum atomic E-state index is -0.616. The van der Waals surface area contributed by atoms with Crippen LogP contribution in [-0.2, 0) is 14.2 Å². The second-order valence-corrected chi connectivity index (χ2v) is 20.6. The third-order valence-electron chi connectivity index (χ3n) is 11.8. The molecule has 2 aromatic carbocycles. The summed E-state index contributed by atoms with van der Waals surface area (Å²) < 4.78 is 18.5. The van der Waals surface area contributed by atoms with Gasteiger partial charge in [0.1, 0.15) is 18.3 Å². The van der Waals surface area contributed by atoms with Gasteiger partial charge in [-0.25, -0.2) is 14.4 Å². The van der Waals surface area contributed by atoms with Crippen molar-refractivity contribution in [3.8, 4) is 0 Å². The van der Waals surface area contributed by atoms with Crippen molar-refractivity contribution in [3.63, 3.8) is 0 Å². The number of carbonyl (C=O) groups excluding carboxylic acids is 3. The molecule has 2 saturated heterocycles. The molecule has 3 aliphatic rings. The molecular weight excluding hydrogens is 668 g/mol. The lowest BCUT2D eigenvalue weighted by atomic mass is 9.74. The van der Waals surface area contributed by atoms with Gasteiger partial charge in [-0.1, -0.05) is 33.8 Å². The monoisotopic (exact) mass is 734 g/mol. The fourth-order valence-corrected chi connectivity index (χ4v) is 9.86. The van der Waals surface area contributed by atoms with Crippen LogP contribution in [0.25, 0.3) is 10.8 Å². The smallest absolute Gasteiger partial charge is 0.339 e. The van der Waals surface area contributed by atoms with Crippen LogP contribution in [0.2, 0.25) is 0 Å². The zero-order chi connectivity index (χ0) is 39.4. The number of hydrogen-bond donors (Lipinski definition) is 2. The fourth-order valence-electron chi connectivity index (χ4n) is 9.86.